The van der Waals surface area contributed by atoms with Crippen LogP contribution >= 0.6 is 0 Å². The summed E-state index contributed by atoms with van der Waals surface area (Å²) in [6.45, 7) is 4.42. The molecule has 1 saturated carbocycles. The molecular formula is C16H32N2O. The highest BCUT2D eigenvalue weighted by molar-refractivity contribution is 4.87. The van der Waals surface area contributed by atoms with E-state index in [1.54, 1.807) is 0 Å². The molecule has 2 aliphatic rings. The molecule has 0 aromatic carbocycles. The fourth-order valence-corrected chi connectivity index (χ4v) is 3.84. The minimum absolute atomic E-state index is 0.163. The summed E-state index contributed by atoms with van der Waals surface area (Å²) >= 11 is 0. The molecule has 1 aliphatic carbocycles. The van der Waals surface area contributed by atoms with Crippen LogP contribution in [-0.4, -0.2) is 49.3 Å². The fourth-order valence-electron chi connectivity index (χ4n) is 3.84. The van der Waals surface area contributed by atoms with Crippen LogP contribution in [0, 0.1) is 17.8 Å². The van der Waals surface area contributed by atoms with Crippen molar-refractivity contribution < 1.29 is 5.11 Å². The molecule has 1 aliphatic heterocycles. The van der Waals surface area contributed by atoms with Crippen molar-refractivity contribution in [3.63, 3.8) is 0 Å². The Morgan fingerprint density at radius 1 is 1.11 bits per heavy atom. The van der Waals surface area contributed by atoms with Crippen LogP contribution in [-0.2, 0) is 0 Å². The monoisotopic (exact) mass is 268 g/mol. The maximum atomic E-state index is 10.3. The molecule has 0 aromatic rings. The van der Waals surface area contributed by atoms with Crippen molar-refractivity contribution in [1.82, 2.24) is 10.2 Å². The van der Waals surface area contributed by atoms with E-state index in [-0.39, 0.29) is 12.1 Å². The van der Waals surface area contributed by atoms with Crippen molar-refractivity contribution in [2.75, 3.05) is 27.2 Å². The molecule has 0 amide bonds. The Kier molecular flexibility index (Phi) is 5.67. The van der Waals surface area contributed by atoms with Gasteiger partial charge in [-0.05, 0) is 51.2 Å². The molecule has 0 aromatic heterocycles. The number of aliphatic hydroxyl groups is 1. The minimum Gasteiger partial charge on any atom is -0.391 e. The minimum atomic E-state index is -0.163. The normalized spacial score (nSPS) is 40.6. The summed E-state index contributed by atoms with van der Waals surface area (Å²) in [6, 6.07) is 0.262. The summed E-state index contributed by atoms with van der Waals surface area (Å²) < 4.78 is 0. The summed E-state index contributed by atoms with van der Waals surface area (Å²) in [5, 5.41) is 13.8. The van der Waals surface area contributed by atoms with Gasteiger partial charge in [0.1, 0.15) is 0 Å². The van der Waals surface area contributed by atoms with Crippen molar-refractivity contribution in [3.8, 4) is 0 Å². The molecule has 0 spiro atoms. The SMILES string of the molecule is CC1CCC(CC2CNC(CN(C)C)C(O)C2)CC1. The predicted molar refractivity (Wildman–Crippen MR) is 80.2 cm³/mol. The van der Waals surface area contributed by atoms with Gasteiger partial charge in [-0.2, -0.15) is 0 Å². The molecule has 112 valence electrons. The highest BCUT2D eigenvalue weighted by atomic mass is 16.3. The van der Waals surface area contributed by atoms with Crippen LogP contribution in [0.15, 0.2) is 0 Å². The molecule has 3 heteroatoms. The first-order valence-corrected chi connectivity index (χ1v) is 8.10. The van der Waals surface area contributed by atoms with Crippen LogP contribution < -0.4 is 5.32 Å². The van der Waals surface area contributed by atoms with Gasteiger partial charge in [0.25, 0.3) is 0 Å². The maximum Gasteiger partial charge on any atom is 0.0708 e. The van der Waals surface area contributed by atoms with E-state index >= 15 is 0 Å². The van der Waals surface area contributed by atoms with Gasteiger partial charge in [-0.25, -0.2) is 0 Å². The number of nitrogens with zero attached hydrogens (tertiary/aromatic N) is 1. The highest BCUT2D eigenvalue weighted by Gasteiger charge is 2.31. The van der Waals surface area contributed by atoms with Gasteiger partial charge in [0, 0.05) is 12.6 Å². The van der Waals surface area contributed by atoms with E-state index in [0.29, 0.717) is 5.92 Å². The van der Waals surface area contributed by atoms with Crippen molar-refractivity contribution in [2.45, 2.75) is 57.6 Å². The average Bonchev–Trinajstić information content (AvgIpc) is 2.35. The lowest BCUT2D eigenvalue weighted by atomic mass is 9.76. The van der Waals surface area contributed by atoms with Gasteiger partial charge >= 0.3 is 0 Å². The third kappa shape index (κ3) is 4.73. The van der Waals surface area contributed by atoms with Crippen LogP contribution in [0.2, 0.25) is 0 Å². The van der Waals surface area contributed by atoms with Gasteiger partial charge < -0.3 is 15.3 Å². The lowest BCUT2D eigenvalue weighted by Crippen LogP contribution is -2.53. The Morgan fingerprint density at radius 2 is 1.79 bits per heavy atom. The Morgan fingerprint density at radius 3 is 2.37 bits per heavy atom. The van der Waals surface area contributed by atoms with Crippen molar-refractivity contribution in [1.29, 1.82) is 0 Å². The first-order chi connectivity index (χ1) is 9.04. The number of piperidine rings is 1. The summed E-state index contributed by atoms with van der Waals surface area (Å²) in [6.07, 6.45) is 7.81. The van der Waals surface area contributed by atoms with E-state index in [9.17, 15) is 5.11 Å². The number of hydrogen-bond acceptors (Lipinski definition) is 3. The van der Waals surface area contributed by atoms with E-state index in [1.807, 2.05) is 0 Å². The Labute approximate surface area is 118 Å². The molecular weight excluding hydrogens is 236 g/mol. The van der Waals surface area contributed by atoms with Gasteiger partial charge in [-0.3, -0.25) is 0 Å². The van der Waals surface area contributed by atoms with E-state index < -0.39 is 0 Å². The zero-order chi connectivity index (χ0) is 13.8. The maximum absolute atomic E-state index is 10.3. The fraction of sp³-hybridized carbons (Fsp3) is 1.00. The molecule has 2 rings (SSSR count). The molecule has 3 unspecified atom stereocenters. The Bertz CT molecular complexity index is 261. The Balaban J connectivity index is 1.72. The number of aliphatic hydroxyl groups excluding tert-OH is 1. The molecule has 3 atom stereocenters. The molecule has 2 N–H and O–H groups in total. The second-order valence-corrected chi connectivity index (χ2v) is 7.31. The largest absolute Gasteiger partial charge is 0.391 e. The second kappa shape index (κ2) is 7.05. The zero-order valence-electron chi connectivity index (χ0n) is 12.9. The number of likely N-dealkylation sites (N-methyl/N-ethyl adjacent to an activating group) is 1. The van der Waals surface area contributed by atoms with E-state index in [2.05, 4.69) is 31.2 Å². The van der Waals surface area contributed by atoms with Crippen LogP contribution in [0.1, 0.15) is 45.4 Å². The lowest BCUT2D eigenvalue weighted by Gasteiger charge is -2.38. The van der Waals surface area contributed by atoms with Gasteiger partial charge in [-0.1, -0.05) is 32.6 Å². The lowest BCUT2D eigenvalue weighted by molar-refractivity contribution is 0.0509. The summed E-state index contributed by atoms with van der Waals surface area (Å²) in [5.41, 5.74) is 0. The summed E-state index contributed by atoms with van der Waals surface area (Å²) in [5.74, 6) is 2.54. The van der Waals surface area contributed by atoms with E-state index in [4.69, 9.17) is 0 Å². The van der Waals surface area contributed by atoms with Crippen LogP contribution in [0.5, 0.6) is 0 Å². The summed E-state index contributed by atoms with van der Waals surface area (Å²) in [4.78, 5) is 2.16. The van der Waals surface area contributed by atoms with E-state index in [1.165, 1.54) is 32.1 Å². The molecule has 0 radical (unpaired) electrons. The molecule has 1 saturated heterocycles. The van der Waals surface area contributed by atoms with Crippen molar-refractivity contribution in [2.24, 2.45) is 17.8 Å². The standard InChI is InChI=1S/C16H32N2O/c1-12-4-6-13(7-5-12)8-14-9-16(19)15(17-10-14)11-18(2)3/h12-17,19H,4-11H2,1-3H3. The predicted octanol–water partition coefficient (Wildman–Crippen LogP) is 2.10. The molecule has 3 nitrogen and oxygen atoms in total. The highest BCUT2D eigenvalue weighted by Crippen LogP contribution is 2.34. The number of nitrogens with one attached hydrogen (secondary N) is 1. The van der Waals surface area contributed by atoms with Gasteiger partial charge in [0.05, 0.1) is 6.10 Å². The van der Waals surface area contributed by atoms with Gasteiger partial charge in [0.2, 0.25) is 0 Å². The number of hydrogen-bond donors (Lipinski definition) is 2. The molecule has 1 heterocycles. The van der Waals surface area contributed by atoms with Gasteiger partial charge in [-0.15, -0.1) is 0 Å². The smallest absolute Gasteiger partial charge is 0.0708 e. The van der Waals surface area contributed by atoms with E-state index in [0.717, 1.165) is 31.3 Å². The summed E-state index contributed by atoms with van der Waals surface area (Å²) in [7, 11) is 4.15. The van der Waals surface area contributed by atoms with Crippen LogP contribution in [0.3, 0.4) is 0 Å². The topological polar surface area (TPSA) is 35.5 Å². The molecule has 19 heavy (non-hydrogen) atoms. The van der Waals surface area contributed by atoms with Gasteiger partial charge in [0.15, 0.2) is 0 Å². The van der Waals surface area contributed by atoms with Crippen molar-refractivity contribution >= 4 is 0 Å². The Hall–Kier alpha value is -0.120. The average molecular weight is 268 g/mol. The third-order valence-corrected chi connectivity index (χ3v) is 5.07. The second-order valence-electron chi connectivity index (χ2n) is 7.31. The molecule has 0 bridgehead atoms. The first kappa shape index (κ1) is 15.3. The third-order valence-electron chi connectivity index (χ3n) is 5.07. The zero-order valence-corrected chi connectivity index (χ0v) is 12.9. The molecule has 2 fully saturated rings. The van der Waals surface area contributed by atoms with Crippen molar-refractivity contribution in [3.05, 3.63) is 0 Å². The van der Waals surface area contributed by atoms with Crippen LogP contribution in [0.25, 0.3) is 0 Å². The number of rotatable bonds is 4. The first-order valence-electron chi connectivity index (χ1n) is 8.10. The quantitative estimate of drug-likeness (QED) is 0.820. The van der Waals surface area contributed by atoms with Crippen LogP contribution in [0.4, 0.5) is 0 Å².